The molecule has 1 aromatic carbocycles. The second-order valence-corrected chi connectivity index (χ2v) is 9.38. The van der Waals surface area contributed by atoms with Crippen molar-refractivity contribution >= 4 is 26.9 Å². The van der Waals surface area contributed by atoms with Gasteiger partial charge in [-0.2, -0.15) is 4.31 Å². The lowest BCUT2D eigenvalue weighted by Crippen LogP contribution is -2.61. The van der Waals surface area contributed by atoms with Crippen molar-refractivity contribution in [3.8, 4) is 0 Å². The number of hydrogen-bond acceptors (Lipinski definition) is 5. The van der Waals surface area contributed by atoms with Gasteiger partial charge in [0.15, 0.2) is 0 Å². The maximum atomic E-state index is 13.0. The van der Waals surface area contributed by atoms with Crippen molar-refractivity contribution in [3.05, 3.63) is 36.2 Å². The molecule has 0 aliphatic carbocycles. The average Bonchev–Trinajstić information content (AvgIpc) is 2.48. The van der Waals surface area contributed by atoms with Crippen molar-refractivity contribution in [2.24, 2.45) is 0 Å². The Morgan fingerprint density at radius 3 is 2.62 bits per heavy atom. The lowest BCUT2D eigenvalue weighted by Gasteiger charge is -2.38. The van der Waals surface area contributed by atoms with Crippen LogP contribution in [0, 0.1) is 6.92 Å². The summed E-state index contributed by atoms with van der Waals surface area (Å²) < 4.78 is 32.6. The molecule has 0 saturated carbocycles. The molecule has 1 saturated heterocycles. The Morgan fingerprint density at radius 1 is 1.27 bits per heavy atom. The van der Waals surface area contributed by atoms with Gasteiger partial charge in [-0.05, 0) is 39.3 Å². The van der Waals surface area contributed by atoms with E-state index in [0.717, 1.165) is 10.9 Å². The van der Waals surface area contributed by atoms with Gasteiger partial charge in [0.2, 0.25) is 10.0 Å². The van der Waals surface area contributed by atoms with E-state index in [9.17, 15) is 13.2 Å². The Bertz CT molecular complexity index is 939. The number of aryl methyl sites for hydroxylation is 1. The number of alkyl carbamates (subject to hydrolysis) is 1. The molecule has 1 aliphatic heterocycles. The van der Waals surface area contributed by atoms with Gasteiger partial charge < -0.3 is 10.1 Å². The minimum atomic E-state index is -3.64. The fraction of sp³-hybridized carbons (Fsp3) is 0.444. The first kappa shape index (κ1) is 18.6. The maximum absolute atomic E-state index is 13.0. The highest BCUT2D eigenvalue weighted by Crippen LogP contribution is 2.30. The molecule has 2 aromatic rings. The Balaban J connectivity index is 1.75. The molecule has 26 heavy (non-hydrogen) atoms. The van der Waals surface area contributed by atoms with Gasteiger partial charge in [0, 0.05) is 36.3 Å². The molecule has 1 aliphatic rings. The van der Waals surface area contributed by atoms with Crippen LogP contribution in [0.25, 0.3) is 10.8 Å². The summed E-state index contributed by atoms with van der Waals surface area (Å²) in [4.78, 5) is 16.2. The van der Waals surface area contributed by atoms with Crippen molar-refractivity contribution in [2.75, 3.05) is 13.1 Å². The quantitative estimate of drug-likeness (QED) is 0.887. The molecule has 0 bridgehead atoms. The molecule has 3 rings (SSSR count). The summed E-state index contributed by atoms with van der Waals surface area (Å²) in [7, 11) is -3.64. The third-order valence-corrected chi connectivity index (χ3v) is 6.00. The van der Waals surface area contributed by atoms with E-state index in [4.69, 9.17) is 4.74 Å². The minimum Gasteiger partial charge on any atom is -0.444 e. The van der Waals surface area contributed by atoms with E-state index in [0.29, 0.717) is 5.39 Å². The predicted molar refractivity (Wildman–Crippen MR) is 98.4 cm³/mol. The Morgan fingerprint density at radius 2 is 1.96 bits per heavy atom. The molecule has 1 N–H and O–H groups in total. The molecule has 8 heteroatoms. The van der Waals surface area contributed by atoms with Gasteiger partial charge in [0.1, 0.15) is 5.60 Å². The standard InChI is InChI=1S/C18H23N3O4S/c1-12-8-19-9-13-6-5-7-15(16(12)13)26(23,24)21-10-14(11-21)20-17(22)25-18(2,3)4/h5-9,14H,10-11H2,1-4H3,(H,20,22). The van der Waals surface area contributed by atoms with Gasteiger partial charge >= 0.3 is 6.09 Å². The van der Waals surface area contributed by atoms with Crippen LogP contribution in [0.4, 0.5) is 4.79 Å². The number of ether oxygens (including phenoxy) is 1. The van der Waals surface area contributed by atoms with E-state index in [-0.39, 0.29) is 24.0 Å². The number of sulfonamides is 1. The van der Waals surface area contributed by atoms with Crippen molar-refractivity contribution in [1.82, 2.24) is 14.6 Å². The van der Waals surface area contributed by atoms with Crippen LogP contribution in [0.3, 0.4) is 0 Å². The number of pyridine rings is 1. The molecule has 0 spiro atoms. The van der Waals surface area contributed by atoms with Crippen LogP contribution in [-0.2, 0) is 14.8 Å². The average molecular weight is 377 g/mol. The van der Waals surface area contributed by atoms with Crippen LogP contribution in [-0.4, -0.2) is 48.5 Å². The lowest BCUT2D eigenvalue weighted by atomic mass is 10.1. The topological polar surface area (TPSA) is 88.6 Å². The SMILES string of the molecule is Cc1cncc2cccc(S(=O)(=O)N3CC(NC(=O)OC(C)(C)C)C3)c12. The number of fused-ring (bicyclic) bond motifs is 1. The van der Waals surface area contributed by atoms with Gasteiger partial charge in [0.25, 0.3) is 0 Å². The Hall–Kier alpha value is -2.19. The molecule has 2 heterocycles. The lowest BCUT2D eigenvalue weighted by molar-refractivity contribution is 0.0459. The molecule has 1 aromatic heterocycles. The zero-order valence-electron chi connectivity index (χ0n) is 15.3. The summed E-state index contributed by atoms with van der Waals surface area (Å²) in [6.45, 7) is 7.63. The van der Waals surface area contributed by atoms with Crippen molar-refractivity contribution in [1.29, 1.82) is 0 Å². The maximum Gasteiger partial charge on any atom is 0.407 e. The smallest absolute Gasteiger partial charge is 0.407 e. The van der Waals surface area contributed by atoms with Gasteiger partial charge in [0.05, 0.1) is 10.9 Å². The summed E-state index contributed by atoms with van der Waals surface area (Å²) in [5.74, 6) is 0. The normalized spacial score (nSPS) is 16.3. The second-order valence-electron chi connectivity index (χ2n) is 7.48. The first-order valence-corrected chi connectivity index (χ1v) is 9.85. The van der Waals surface area contributed by atoms with Crippen molar-refractivity contribution in [3.63, 3.8) is 0 Å². The van der Waals surface area contributed by atoms with E-state index in [1.807, 2.05) is 13.0 Å². The molecule has 140 valence electrons. The van der Waals surface area contributed by atoms with E-state index in [1.54, 1.807) is 45.3 Å². The Kier molecular flexibility index (Phi) is 4.66. The highest BCUT2D eigenvalue weighted by atomic mass is 32.2. The fourth-order valence-electron chi connectivity index (χ4n) is 2.93. The molecule has 7 nitrogen and oxygen atoms in total. The third-order valence-electron chi connectivity index (χ3n) is 4.12. The first-order valence-electron chi connectivity index (χ1n) is 8.41. The van der Waals surface area contributed by atoms with Gasteiger partial charge in [-0.25, -0.2) is 13.2 Å². The number of aromatic nitrogens is 1. The van der Waals surface area contributed by atoms with Gasteiger partial charge in [-0.3, -0.25) is 4.98 Å². The fourth-order valence-corrected chi connectivity index (χ4v) is 4.74. The monoisotopic (exact) mass is 377 g/mol. The van der Waals surface area contributed by atoms with Crippen LogP contribution < -0.4 is 5.32 Å². The first-order chi connectivity index (χ1) is 12.1. The number of benzene rings is 1. The molecule has 0 unspecified atom stereocenters. The highest BCUT2D eigenvalue weighted by Gasteiger charge is 2.38. The van der Waals surface area contributed by atoms with Crippen LogP contribution >= 0.6 is 0 Å². The number of carbonyl (C=O) groups excluding carboxylic acids is 1. The molecular weight excluding hydrogens is 354 g/mol. The van der Waals surface area contributed by atoms with Crippen LogP contribution in [0.5, 0.6) is 0 Å². The highest BCUT2D eigenvalue weighted by molar-refractivity contribution is 7.89. The van der Waals surface area contributed by atoms with Crippen LogP contribution in [0.15, 0.2) is 35.5 Å². The summed E-state index contributed by atoms with van der Waals surface area (Å²) in [6, 6.07) is 4.92. The Labute approximate surface area is 153 Å². The number of nitrogens with zero attached hydrogens (tertiary/aromatic N) is 2. The number of amides is 1. The number of carbonyl (C=O) groups is 1. The zero-order valence-corrected chi connectivity index (χ0v) is 16.1. The van der Waals surface area contributed by atoms with E-state index >= 15 is 0 Å². The summed E-state index contributed by atoms with van der Waals surface area (Å²) in [5.41, 5.74) is 0.222. The number of nitrogens with one attached hydrogen (secondary N) is 1. The van der Waals surface area contributed by atoms with E-state index in [2.05, 4.69) is 10.3 Å². The van der Waals surface area contributed by atoms with Crippen molar-refractivity contribution in [2.45, 2.75) is 44.2 Å². The van der Waals surface area contributed by atoms with Gasteiger partial charge in [-0.1, -0.05) is 12.1 Å². The zero-order chi connectivity index (χ0) is 19.1. The number of hydrogen-bond donors (Lipinski definition) is 1. The third kappa shape index (κ3) is 3.66. The predicted octanol–water partition coefficient (Wildman–Crippen LogP) is 2.44. The second kappa shape index (κ2) is 6.51. The summed E-state index contributed by atoms with van der Waals surface area (Å²) in [6.07, 6.45) is 2.78. The molecule has 0 radical (unpaired) electrons. The van der Waals surface area contributed by atoms with Gasteiger partial charge in [-0.15, -0.1) is 0 Å². The molecule has 1 amide bonds. The molecular formula is C18H23N3O4S. The molecule has 0 atom stereocenters. The summed E-state index contributed by atoms with van der Waals surface area (Å²) in [5, 5.41) is 4.17. The van der Waals surface area contributed by atoms with Crippen LogP contribution in [0.2, 0.25) is 0 Å². The van der Waals surface area contributed by atoms with E-state index < -0.39 is 21.7 Å². The van der Waals surface area contributed by atoms with Crippen molar-refractivity contribution < 1.29 is 17.9 Å². The summed E-state index contributed by atoms with van der Waals surface area (Å²) >= 11 is 0. The largest absolute Gasteiger partial charge is 0.444 e. The minimum absolute atomic E-state index is 0.224. The number of rotatable bonds is 3. The molecule has 1 fully saturated rings. The van der Waals surface area contributed by atoms with Crippen LogP contribution in [0.1, 0.15) is 26.3 Å². The van der Waals surface area contributed by atoms with E-state index in [1.165, 1.54) is 4.31 Å².